The van der Waals surface area contributed by atoms with Crippen molar-refractivity contribution >= 4 is 5.69 Å². The molecule has 0 unspecified atom stereocenters. The Kier molecular flexibility index (Phi) is 3.04. The van der Waals surface area contributed by atoms with Gasteiger partial charge in [0.2, 0.25) is 0 Å². The smallest absolute Gasteiger partial charge is 0.416 e. The van der Waals surface area contributed by atoms with Crippen molar-refractivity contribution in [3.63, 3.8) is 0 Å². The summed E-state index contributed by atoms with van der Waals surface area (Å²) in [5.41, 5.74) is 1.41. The summed E-state index contributed by atoms with van der Waals surface area (Å²) in [5, 5.41) is 3.22. The zero-order valence-electron chi connectivity index (χ0n) is 10.5. The van der Waals surface area contributed by atoms with Gasteiger partial charge >= 0.3 is 6.18 Å². The number of hydrogen-bond acceptors (Lipinski definition) is 2. The molecular formula is C15H12F3NO. The molecule has 2 aromatic rings. The first-order chi connectivity index (χ1) is 9.54. The predicted molar refractivity (Wildman–Crippen MR) is 70.2 cm³/mol. The van der Waals surface area contributed by atoms with E-state index in [2.05, 4.69) is 5.32 Å². The van der Waals surface area contributed by atoms with Crippen LogP contribution in [0.15, 0.2) is 42.5 Å². The first kappa shape index (κ1) is 12.8. The number of ether oxygens (including phenoxy) is 1. The van der Waals surface area contributed by atoms with Crippen molar-refractivity contribution in [3.8, 4) is 11.5 Å². The molecule has 0 spiro atoms. The standard InChI is InChI=1S/C15H12F3NO/c16-15(17,18)11-4-6-12(7-5-11)20-13-3-1-2-10-8-9-19-14(10)13/h1-7,19H,8-9H2. The molecule has 0 amide bonds. The van der Waals surface area contributed by atoms with Crippen LogP contribution >= 0.6 is 0 Å². The summed E-state index contributed by atoms with van der Waals surface area (Å²) in [4.78, 5) is 0. The van der Waals surface area contributed by atoms with E-state index in [-0.39, 0.29) is 0 Å². The summed E-state index contributed by atoms with van der Waals surface area (Å²) in [5.74, 6) is 1.03. The minimum absolute atomic E-state index is 0.389. The van der Waals surface area contributed by atoms with Gasteiger partial charge in [0, 0.05) is 6.54 Å². The van der Waals surface area contributed by atoms with Gasteiger partial charge in [0.25, 0.3) is 0 Å². The summed E-state index contributed by atoms with van der Waals surface area (Å²) in [6.45, 7) is 0.850. The first-order valence-corrected chi connectivity index (χ1v) is 6.25. The highest BCUT2D eigenvalue weighted by Gasteiger charge is 2.30. The van der Waals surface area contributed by atoms with Crippen LogP contribution in [0.25, 0.3) is 0 Å². The Labute approximate surface area is 114 Å². The quantitative estimate of drug-likeness (QED) is 0.876. The number of fused-ring (bicyclic) bond motifs is 1. The van der Waals surface area contributed by atoms with Crippen LogP contribution in [0.3, 0.4) is 0 Å². The van der Waals surface area contributed by atoms with Crippen LogP contribution in [0.4, 0.5) is 18.9 Å². The fraction of sp³-hybridized carbons (Fsp3) is 0.200. The number of anilines is 1. The molecule has 1 N–H and O–H groups in total. The lowest BCUT2D eigenvalue weighted by Gasteiger charge is -2.11. The van der Waals surface area contributed by atoms with E-state index in [1.165, 1.54) is 12.1 Å². The maximum absolute atomic E-state index is 12.5. The molecule has 5 heteroatoms. The first-order valence-electron chi connectivity index (χ1n) is 6.25. The van der Waals surface area contributed by atoms with Gasteiger partial charge in [0.1, 0.15) is 5.75 Å². The lowest BCUT2D eigenvalue weighted by Crippen LogP contribution is -2.04. The number of nitrogens with one attached hydrogen (secondary N) is 1. The van der Waals surface area contributed by atoms with E-state index >= 15 is 0 Å². The monoisotopic (exact) mass is 279 g/mol. The SMILES string of the molecule is FC(F)(F)c1ccc(Oc2cccc3c2NCC3)cc1. The summed E-state index contributed by atoms with van der Waals surface area (Å²) in [7, 11) is 0. The van der Waals surface area contributed by atoms with Crippen molar-refractivity contribution in [1.29, 1.82) is 0 Å². The lowest BCUT2D eigenvalue weighted by atomic mass is 10.1. The highest BCUT2D eigenvalue weighted by molar-refractivity contribution is 5.65. The van der Waals surface area contributed by atoms with Crippen LogP contribution < -0.4 is 10.1 Å². The summed E-state index contributed by atoms with van der Waals surface area (Å²) in [6, 6.07) is 10.4. The fourth-order valence-electron chi connectivity index (χ4n) is 2.23. The fourth-order valence-corrected chi connectivity index (χ4v) is 2.23. The second kappa shape index (κ2) is 4.74. The topological polar surface area (TPSA) is 21.3 Å². The Bertz CT molecular complexity index is 620. The van der Waals surface area contributed by atoms with Gasteiger partial charge in [-0.15, -0.1) is 0 Å². The zero-order chi connectivity index (χ0) is 14.2. The van der Waals surface area contributed by atoms with Crippen LogP contribution in [-0.2, 0) is 12.6 Å². The predicted octanol–water partition coefficient (Wildman–Crippen LogP) is 4.47. The molecule has 0 bridgehead atoms. The molecule has 1 aliphatic heterocycles. The molecule has 0 atom stereocenters. The van der Waals surface area contributed by atoms with E-state index < -0.39 is 11.7 Å². The van der Waals surface area contributed by atoms with Gasteiger partial charge in [0.15, 0.2) is 5.75 Å². The van der Waals surface area contributed by atoms with Crippen LogP contribution in [0, 0.1) is 0 Å². The molecular weight excluding hydrogens is 267 g/mol. The number of rotatable bonds is 2. The molecule has 104 valence electrons. The van der Waals surface area contributed by atoms with Crippen LogP contribution in [0.5, 0.6) is 11.5 Å². The van der Waals surface area contributed by atoms with E-state index in [1.807, 2.05) is 12.1 Å². The normalized spacial score (nSPS) is 13.8. The molecule has 0 radical (unpaired) electrons. The van der Waals surface area contributed by atoms with Crippen molar-refractivity contribution in [2.45, 2.75) is 12.6 Å². The molecule has 2 aromatic carbocycles. The van der Waals surface area contributed by atoms with Crippen LogP contribution in [0.1, 0.15) is 11.1 Å². The highest BCUT2D eigenvalue weighted by Crippen LogP contribution is 2.36. The molecule has 0 fully saturated rings. The Balaban J connectivity index is 1.84. The summed E-state index contributed by atoms with van der Waals surface area (Å²) < 4.78 is 43.1. The Hall–Kier alpha value is -2.17. The highest BCUT2D eigenvalue weighted by atomic mass is 19.4. The molecule has 0 saturated carbocycles. The number of benzene rings is 2. The maximum atomic E-state index is 12.5. The van der Waals surface area contributed by atoms with E-state index in [0.717, 1.165) is 36.3 Å². The third-order valence-electron chi connectivity index (χ3n) is 3.22. The average Bonchev–Trinajstić information content (AvgIpc) is 2.88. The van der Waals surface area contributed by atoms with E-state index in [4.69, 9.17) is 4.74 Å². The minimum Gasteiger partial charge on any atom is -0.455 e. The van der Waals surface area contributed by atoms with Crippen molar-refractivity contribution in [1.82, 2.24) is 0 Å². The van der Waals surface area contributed by atoms with Gasteiger partial charge < -0.3 is 10.1 Å². The van der Waals surface area contributed by atoms with Crippen molar-refractivity contribution in [3.05, 3.63) is 53.6 Å². The third-order valence-corrected chi connectivity index (χ3v) is 3.22. The Morgan fingerprint density at radius 1 is 1.00 bits per heavy atom. The molecule has 2 nitrogen and oxygen atoms in total. The second-order valence-corrected chi connectivity index (χ2v) is 4.59. The van der Waals surface area contributed by atoms with Gasteiger partial charge in [-0.1, -0.05) is 12.1 Å². The van der Waals surface area contributed by atoms with Gasteiger partial charge in [-0.2, -0.15) is 13.2 Å². The van der Waals surface area contributed by atoms with Gasteiger partial charge in [-0.05, 0) is 42.3 Å². The minimum atomic E-state index is -4.33. The Morgan fingerprint density at radius 3 is 2.45 bits per heavy atom. The van der Waals surface area contributed by atoms with Gasteiger partial charge in [-0.25, -0.2) is 0 Å². The molecule has 3 rings (SSSR count). The molecule has 0 aliphatic carbocycles. The molecule has 1 aliphatic rings. The van der Waals surface area contributed by atoms with Gasteiger partial charge in [-0.3, -0.25) is 0 Å². The Morgan fingerprint density at radius 2 is 1.75 bits per heavy atom. The van der Waals surface area contributed by atoms with Crippen molar-refractivity contribution < 1.29 is 17.9 Å². The molecule has 0 saturated heterocycles. The molecule has 20 heavy (non-hydrogen) atoms. The number of halogens is 3. The number of hydrogen-bond donors (Lipinski definition) is 1. The van der Waals surface area contributed by atoms with Crippen molar-refractivity contribution in [2.75, 3.05) is 11.9 Å². The molecule has 0 aromatic heterocycles. The summed E-state index contributed by atoms with van der Waals surface area (Å²) >= 11 is 0. The maximum Gasteiger partial charge on any atom is 0.416 e. The third kappa shape index (κ3) is 2.43. The van der Waals surface area contributed by atoms with Crippen molar-refractivity contribution in [2.24, 2.45) is 0 Å². The summed E-state index contributed by atoms with van der Waals surface area (Å²) in [6.07, 6.45) is -3.40. The number of para-hydroxylation sites is 1. The second-order valence-electron chi connectivity index (χ2n) is 4.59. The van der Waals surface area contributed by atoms with Crippen LogP contribution in [0.2, 0.25) is 0 Å². The lowest BCUT2D eigenvalue weighted by molar-refractivity contribution is -0.137. The van der Waals surface area contributed by atoms with Gasteiger partial charge in [0.05, 0.1) is 11.3 Å². The molecule has 1 heterocycles. The zero-order valence-corrected chi connectivity index (χ0v) is 10.5. The largest absolute Gasteiger partial charge is 0.455 e. The van der Waals surface area contributed by atoms with E-state index in [1.54, 1.807) is 6.07 Å². The van der Waals surface area contributed by atoms with E-state index in [9.17, 15) is 13.2 Å². The van der Waals surface area contributed by atoms with Crippen LogP contribution in [-0.4, -0.2) is 6.54 Å². The number of alkyl halides is 3. The van der Waals surface area contributed by atoms with E-state index in [0.29, 0.717) is 11.5 Å². The average molecular weight is 279 g/mol.